The molecule has 70 heavy (non-hydrogen) atoms. The molecule has 0 unspecified atom stereocenters. The zero-order chi connectivity index (χ0) is 49.6. The van der Waals surface area contributed by atoms with Crippen LogP contribution in [0.5, 0.6) is 0 Å². The maximum absolute atomic E-state index is 10.8. The van der Waals surface area contributed by atoms with E-state index in [0.29, 0.717) is 22.3 Å². The highest BCUT2D eigenvalue weighted by molar-refractivity contribution is 6.13. The predicted octanol–water partition coefficient (Wildman–Crippen LogP) is 17.3. The molecule has 14 aromatic rings. The average Bonchev–Trinajstić information content (AvgIpc) is 4.24. The maximum Gasteiger partial charge on any atom is 0.0636 e. The molecule has 4 heterocycles. The molecule has 0 N–H and O–H groups in total. The molecule has 0 saturated carbocycles. The normalized spacial score (nSPS) is 12.5. The molecule has 4 nitrogen and oxygen atoms in total. The summed E-state index contributed by atoms with van der Waals surface area (Å²) in [5.41, 5.74) is 12.8. The van der Waals surface area contributed by atoms with E-state index in [9.17, 15) is 5.48 Å². The van der Waals surface area contributed by atoms with Crippen LogP contribution >= 0.6 is 0 Å². The number of para-hydroxylation sites is 8. The Balaban J connectivity index is 1.18. The van der Waals surface area contributed by atoms with Gasteiger partial charge in [-0.25, -0.2) is 0 Å². The van der Waals surface area contributed by atoms with Gasteiger partial charge in [-0.05, 0) is 130 Å². The summed E-state index contributed by atoms with van der Waals surface area (Å²) in [6.07, 6.45) is 8.35. The summed E-state index contributed by atoms with van der Waals surface area (Å²) in [6, 6.07) is 74.0. The van der Waals surface area contributed by atoms with Crippen LogP contribution in [0.15, 0.2) is 267 Å². The monoisotopic (exact) mass is 896 g/mol. The Hall–Kier alpha value is -9.38. The third-order valence-corrected chi connectivity index (χ3v) is 13.8. The lowest BCUT2D eigenvalue weighted by Crippen LogP contribution is -1.92. The van der Waals surface area contributed by atoms with Crippen molar-refractivity contribution in [1.29, 1.82) is 0 Å². The summed E-state index contributed by atoms with van der Waals surface area (Å²) < 4.78 is 52.0. The molecule has 0 saturated heterocycles. The molecular weight excluding hydrogens is 849 g/mol. The van der Waals surface area contributed by atoms with Gasteiger partial charge in [-0.15, -0.1) is 0 Å². The van der Waals surface area contributed by atoms with E-state index in [1.165, 1.54) is 0 Å². The number of benzene rings is 10. The molecule has 0 spiro atoms. The van der Waals surface area contributed by atoms with Gasteiger partial charge < -0.3 is 18.3 Å². The van der Waals surface area contributed by atoms with Crippen molar-refractivity contribution in [2.24, 2.45) is 0 Å². The highest BCUT2D eigenvalue weighted by Gasteiger charge is 2.24. The largest absolute Gasteiger partial charge is 0.316 e. The van der Waals surface area contributed by atoms with E-state index in [1.807, 2.05) is 121 Å². The lowest BCUT2D eigenvalue weighted by Gasteiger charge is -2.16. The number of fused-ring (bicyclic) bond motifs is 5. The van der Waals surface area contributed by atoms with E-state index in [4.69, 9.17) is 0 Å². The van der Waals surface area contributed by atoms with E-state index in [-0.39, 0.29) is 34.9 Å². The van der Waals surface area contributed by atoms with Gasteiger partial charge >= 0.3 is 0 Å². The fourth-order valence-electron chi connectivity index (χ4n) is 10.6. The van der Waals surface area contributed by atoms with E-state index < -0.39 is 0 Å². The second-order valence-electron chi connectivity index (χ2n) is 17.8. The standard InChI is InChI=1S/C66H44N4/c1-5-21-47(22-6-1)67-41-59(51-29-13-17-33-63(51)67)55-37-45-39-57(61-43-69(49-25-9-3-10-26-49)65-35-19-15-31-53(61)65)58(62-44-70(50-27-11-4-12-28-50)66-36-20-16-32-54(62)66)40-46(45)38-56(55)60-42-68(48-23-7-2-8-24-48)64-34-18-14-30-52(60)64/h1-44H/i37D,38D,39D,40D. The van der Waals surface area contributed by atoms with Crippen LogP contribution in [0.25, 0.3) is 122 Å². The Bertz CT molecular complexity index is 3940. The molecule has 0 aliphatic heterocycles. The number of nitrogens with zero attached hydrogens (tertiary/aromatic N) is 4. The summed E-state index contributed by atoms with van der Waals surface area (Å²) in [5.74, 6) is 0. The van der Waals surface area contributed by atoms with Crippen molar-refractivity contribution in [2.75, 3.05) is 0 Å². The minimum absolute atomic E-state index is 0.0864. The molecule has 0 fully saturated rings. The average molecular weight is 897 g/mol. The van der Waals surface area contributed by atoms with Crippen LogP contribution in [0, 0.1) is 0 Å². The second kappa shape index (κ2) is 16.2. The summed E-state index contributed by atoms with van der Waals surface area (Å²) in [4.78, 5) is 0. The molecule has 4 aromatic heterocycles. The highest BCUT2D eigenvalue weighted by atomic mass is 15.0. The lowest BCUT2D eigenvalue weighted by molar-refractivity contribution is 1.13. The highest BCUT2D eigenvalue weighted by Crippen LogP contribution is 2.48. The van der Waals surface area contributed by atoms with Gasteiger partial charge in [-0.3, -0.25) is 0 Å². The van der Waals surface area contributed by atoms with Crippen LogP contribution in [-0.4, -0.2) is 18.3 Å². The first-order valence-corrected chi connectivity index (χ1v) is 23.7. The van der Waals surface area contributed by atoms with Crippen molar-refractivity contribution in [2.45, 2.75) is 0 Å². The quantitative estimate of drug-likeness (QED) is 0.145. The molecule has 0 aliphatic rings. The molecule has 0 atom stereocenters. The first kappa shape index (κ1) is 35.8. The van der Waals surface area contributed by atoms with Gasteiger partial charge in [0.1, 0.15) is 0 Å². The van der Waals surface area contributed by atoms with Crippen molar-refractivity contribution in [3.63, 3.8) is 0 Å². The number of aromatic nitrogens is 4. The van der Waals surface area contributed by atoms with Crippen molar-refractivity contribution >= 4 is 54.4 Å². The van der Waals surface area contributed by atoms with Gasteiger partial charge in [0, 0.05) is 91.3 Å². The van der Waals surface area contributed by atoms with Crippen molar-refractivity contribution in [3.05, 3.63) is 267 Å². The van der Waals surface area contributed by atoms with E-state index in [1.54, 1.807) is 0 Å². The molecule has 14 rings (SSSR count). The summed E-state index contributed by atoms with van der Waals surface area (Å²) in [7, 11) is 0. The minimum atomic E-state index is 0.0864. The van der Waals surface area contributed by atoms with Crippen LogP contribution < -0.4 is 0 Å². The van der Waals surface area contributed by atoms with E-state index >= 15 is 0 Å². The number of hydrogen-bond donors (Lipinski definition) is 0. The predicted molar refractivity (Wildman–Crippen MR) is 293 cm³/mol. The summed E-state index contributed by atoms with van der Waals surface area (Å²) in [5, 5.41) is 4.14. The maximum atomic E-state index is 10.8. The third kappa shape index (κ3) is 6.38. The van der Waals surface area contributed by atoms with Crippen LogP contribution in [0.2, 0.25) is 0 Å². The van der Waals surface area contributed by atoms with E-state index in [0.717, 1.165) is 88.6 Å². The van der Waals surface area contributed by atoms with Crippen LogP contribution in [0.4, 0.5) is 0 Å². The Morgan fingerprint density at radius 3 is 0.643 bits per heavy atom. The second-order valence-corrected chi connectivity index (χ2v) is 17.8. The molecule has 0 radical (unpaired) electrons. The van der Waals surface area contributed by atoms with Crippen LogP contribution in [0.3, 0.4) is 0 Å². The van der Waals surface area contributed by atoms with E-state index in [2.05, 4.69) is 140 Å². The molecule has 10 aromatic carbocycles. The third-order valence-electron chi connectivity index (χ3n) is 13.8. The van der Waals surface area contributed by atoms with Gasteiger partial charge in [0.15, 0.2) is 0 Å². The number of hydrogen-bond acceptors (Lipinski definition) is 0. The van der Waals surface area contributed by atoms with Crippen molar-refractivity contribution in [1.82, 2.24) is 18.3 Å². The Kier molecular flexibility index (Phi) is 8.25. The molecule has 0 bridgehead atoms. The lowest BCUT2D eigenvalue weighted by atomic mass is 9.87. The number of rotatable bonds is 8. The Morgan fingerprint density at radius 1 is 0.214 bits per heavy atom. The minimum Gasteiger partial charge on any atom is -0.316 e. The Morgan fingerprint density at radius 2 is 0.414 bits per heavy atom. The van der Waals surface area contributed by atoms with Crippen LogP contribution in [0.1, 0.15) is 5.48 Å². The molecule has 0 aliphatic carbocycles. The molecule has 328 valence electrons. The SMILES string of the molecule is [2H]c1c(-c2cn(-c3ccccc3)c3ccccc23)c(-c2cn(-c3ccccc3)c3ccccc23)c([2H])c2c([2H])c(-c3cn(-c4ccccc4)c4ccccc34)c(-c3cn(-c4ccccc4)c4ccccc34)c([2H])c12. The molecule has 4 heteroatoms. The fourth-order valence-corrected chi connectivity index (χ4v) is 10.6. The van der Waals surface area contributed by atoms with Crippen molar-refractivity contribution < 1.29 is 5.48 Å². The summed E-state index contributed by atoms with van der Waals surface area (Å²) in [6.45, 7) is 0. The first-order valence-electron chi connectivity index (χ1n) is 25.7. The molecule has 0 amide bonds. The van der Waals surface area contributed by atoms with Gasteiger partial charge in [0.2, 0.25) is 0 Å². The topological polar surface area (TPSA) is 19.7 Å². The molecular formula is C66H44N4. The Labute approximate surface area is 411 Å². The van der Waals surface area contributed by atoms with Gasteiger partial charge in [-0.2, -0.15) is 0 Å². The first-order chi connectivity index (χ1) is 36.4. The van der Waals surface area contributed by atoms with Gasteiger partial charge in [0.05, 0.1) is 27.5 Å². The fraction of sp³-hybridized carbons (Fsp3) is 0. The summed E-state index contributed by atoms with van der Waals surface area (Å²) >= 11 is 0. The zero-order valence-electron chi connectivity index (χ0n) is 41.9. The van der Waals surface area contributed by atoms with Gasteiger partial charge in [-0.1, -0.05) is 146 Å². The van der Waals surface area contributed by atoms with Crippen molar-refractivity contribution in [3.8, 4) is 67.3 Å². The van der Waals surface area contributed by atoms with Crippen LogP contribution in [-0.2, 0) is 0 Å². The zero-order valence-corrected chi connectivity index (χ0v) is 37.9. The van der Waals surface area contributed by atoms with Gasteiger partial charge in [0.25, 0.3) is 0 Å². The smallest absolute Gasteiger partial charge is 0.0636 e.